The fraction of sp³-hybridized carbons (Fsp3) is 0.500. The summed E-state index contributed by atoms with van der Waals surface area (Å²) in [5.74, 6) is 5.52. The summed E-state index contributed by atoms with van der Waals surface area (Å²) in [5.41, 5.74) is 1.06. The molecule has 0 radical (unpaired) electrons. The van der Waals surface area contributed by atoms with Crippen molar-refractivity contribution >= 4 is 29.3 Å². The van der Waals surface area contributed by atoms with Gasteiger partial charge in [0.25, 0.3) is 0 Å². The first kappa shape index (κ1) is 20.1. The van der Waals surface area contributed by atoms with Crippen LogP contribution in [0.3, 0.4) is 0 Å². The van der Waals surface area contributed by atoms with Crippen molar-refractivity contribution in [3.05, 3.63) is 42.0 Å². The minimum atomic E-state index is -1.20. The third-order valence-corrected chi connectivity index (χ3v) is 4.43. The summed E-state index contributed by atoms with van der Waals surface area (Å²) >= 11 is 12.4. The molecular weight excluding hydrogens is 327 g/mol. The molecule has 0 amide bonds. The summed E-state index contributed by atoms with van der Waals surface area (Å²) in [7, 11) is 0. The Bertz CT molecular complexity index is 511. The maximum atomic E-state index is 10.0. The van der Waals surface area contributed by atoms with Crippen LogP contribution in [0.25, 0.3) is 6.08 Å². The predicted molar refractivity (Wildman–Crippen MR) is 102 cm³/mol. The second kappa shape index (κ2) is 11.6. The molecule has 0 heterocycles. The lowest BCUT2D eigenvalue weighted by molar-refractivity contribution is 0.206. The van der Waals surface area contributed by atoms with Gasteiger partial charge >= 0.3 is 0 Å². The van der Waals surface area contributed by atoms with Crippen LogP contribution >= 0.6 is 23.2 Å². The van der Waals surface area contributed by atoms with Crippen LogP contribution in [0.15, 0.2) is 36.4 Å². The summed E-state index contributed by atoms with van der Waals surface area (Å²) in [6, 6.07) is 9.86. The van der Waals surface area contributed by atoms with Gasteiger partial charge in [0, 0.05) is 0 Å². The van der Waals surface area contributed by atoms with E-state index in [-0.39, 0.29) is 0 Å². The zero-order valence-corrected chi connectivity index (χ0v) is 15.3. The maximum absolute atomic E-state index is 10.0. The van der Waals surface area contributed by atoms with Crippen LogP contribution in [-0.4, -0.2) is 15.5 Å². The quantitative estimate of drug-likeness (QED) is 0.328. The van der Waals surface area contributed by atoms with Crippen molar-refractivity contribution in [3.63, 3.8) is 0 Å². The van der Waals surface area contributed by atoms with Crippen LogP contribution in [0, 0.1) is 11.8 Å². The summed E-state index contributed by atoms with van der Waals surface area (Å²) in [6.45, 7) is 2.20. The number of unbranched alkanes of at least 4 members (excludes halogenated alkanes) is 5. The molecule has 1 nitrogen and oxygen atoms in total. The first-order valence-electron chi connectivity index (χ1n) is 8.35. The molecule has 0 aromatic heterocycles. The van der Waals surface area contributed by atoms with Gasteiger partial charge in [0.1, 0.15) is 6.10 Å². The Labute approximate surface area is 150 Å². The number of alkyl halides is 2. The number of rotatable bonds is 9. The summed E-state index contributed by atoms with van der Waals surface area (Å²) in [5, 5.41) is 10.0. The maximum Gasteiger partial charge on any atom is 0.155 e. The van der Waals surface area contributed by atoms with Crippen molar-refractivity contribution in [2.24, 2.45) is 0 Å². The van der Waals surface area contributed by atoms with Crippen molar-refractivity contribution in [2.75, 3.05) is 0 Å². The highest BCUT2D eigenvalue weighted by atomic mass is 35.5. The molecule has 0 saturated heterocycles. The third-order valence-electron chi connectivity index (χ3n) is 3.64. The lowest BCUT2D eigenvalue weighted by Gasteiger charge is -2.21. The molecule has 0 fully saturated rings. The van der Waals surface area contributed by atoms with Gasteiger partial charge in [-0.2, -0.15) is 0 Å². The van der Waals surface area contributed by atoms with E-state index >= 15 is 0 Å². The van der Waals surface area contributed by atoms with E-state index in [2.05, 4.69) is 18.8 Å². The molecule has 0 bridgehead atoms. The average Bonchev–Trinajstić information content (AvgIpc) is 2.55. The van der Waals surface area contributed by atoms with Crippen LogP contribution < -0.4 is 0 Å². The van der Waals surface area contributed by atoms with Crippen LogP contribution in [0.1, 0.15) is 57.4 Å². The lowest BCUT2D eigenvalue weighted by Crippen LogP contribution is -2.29. The molecular formula is C20H26Cl2O. The van der Waals surface area contributed by atoms with Gasteiger partial charge in [-0.05, 0) is 24.1 Å². The molecule has 126 valence electrons. The smallest absolute Gasteiger partial charge is 0.155 e. The van der Waals surface area contributed by atoms with E-state index in [1.165, 1.54) is 25.7 Å². The number of aliphatic hydroxyl groups is 1. The number of benzene rings is 1. The van der Waals surface area contributed by atoms with Crippen LogP contribution in [0.4, 0.5) is 0 Å². The second-order valence-corrected chi connectivity index (χ2v) is 7.26. The van der Waals surface area contributed by atoms with Gasteiger partial charge in [-0.3, -0.25) is 0 Å². The largest absolute Gasteiger partial charge is 0.377 e. The van der Waals surface area contributed by atoms with Gasteiger partial charge in [-0.15, -0.1) is 0 Å². The molecule has 1 atom stereocenters. The van der Waals surface area contributed by atoms with E-state index < -0.39 is 10.4 Å². The molecule has 0 saturated carbocycles. The Kier molecular flexibility index (Phi) is 10.1. The topological polar surface area (TPSA) is 20.2 Å². The Balaban J connectivity index is 2.35. The molecule has 1 unspecified atom stereocenters. The predicted octanol–water partition coefficient (Wildman–Crippen LogP) is 5.99. The van der Waals surface area contributed by atoms with E-state index in [0.717, 1.165) is 18.4 Å². The molecule has 1 aromatic rings. The van der Waals surface area contributed by atoms with E-state index in [9.17, 15) is 5.11 Å². The van der Waals surface area contributed by atoms with Gasteiger partial charge < -0.3 is 5.11 Å². The van der Waals surface area contributed by atoms with Crippen LogP contribution in [0.5, 0.6) is 0 Å². The molecule has 3 heteroatoms. The summed E-state index contributed by atoms with van der Waals surface area (Å²) in [4.78, 5) is 0. The van der Waals surface area contributed by atoms with Crippen LogP contribution in [-0.2, 0) is 0 Å². The molecule has 1 rings (SSSR count). The fourth-order valence-electron chi connectivity index (χ4n) is 2.21. The van der Waals surface area contributed by atoms with Gasteiger partial charge in [0.2, 0.25) is 0 Å². The number of aliphatic hydroxyl groups excluding tert-OH is 1. The van der Waals surface area contributed by atoms with Crippen molar-refractivity contribution in [2.45, 2.75) is 62.3 Å². The molecule has 0 aliphatic carbocycles. The number of hydrogen-bond acceptors (Lipinski definition) is 1. The van der Waals surface area contributed by atoms with Crippen molar-refractivity contribution in [1.82, 2.24) is 0 Å². The van der Waals surface area contributed by atoms with Crippen molar-refractivity contribution < 1.29 is 5.11 Å². The first-order chi connectivity index (χ1) is 11.1. The highest BCUT2D eigenvalue weighted by molar-refractivity contribution is 6.49. The first-order valence-corrected chi connectivity index (χ1v) is 9.10. The highest BCUT2D eigenvalue weighted by Crippen LogP contribution is 2.31. The monoisotopic (exact) mass is 352 g/mol. The SMILES string of the molecule is CCCCCCCCC(Cl)(Cl)C(O)C#C/C=C/c1ccccc1. The summed E-state index contributed by atoms with van der Waals surface area (Å²) in [6.07, 6.45) is 10.1. The molecule has 0 aliphatic rings. The molecule has 0 aliphatic heterocycles. The van der Waals surface area contributed by atoms with E-state index in [1.54, 1.807) is 6.08 Å². The van der Waals surface area contributed by atoms with Gasteiger partial charge in [-0.1, -0.05) is 111 Å². The van der Waals surface area contributed by atoms with E-state index in [4.69, 9.17) is 23.2 Å². The summed E-state index contributed by atoms with van der Waals surface area (Å²) < 4.78 is -1.20. The normalized spacial score (nSPS) is 12.9. The number of hydrogen-bond donors (Lipinski definition) is 1. The Morgan fingerprint density at radius 3 is 2.43 bits per heavy atom. The average molecular weight is 353 g/mol. The number of allylic oxidation sites excluding steroid dienone is 1. The van der Waals surface area contributed by atoms with Gasteiger partial charge in [-0.25, -0.2) is 0 Å². The van der Waals surface area contributed by atoms with Gasteiger partial charge in [0.05, 0.1) is 0 Å². The Morgan fingerprint density at radius 1 is 1.09 bits per heavy atom. The molecule has 1 aromatic carbocycles. The number of halogens is 2. The minimum Gasteiger partial charge on any atom is -0.377 e. The molecule has 1 N–H and O–H groups in total. The zero-order chi connectivity index (χ0) is 17.0. The lowest BCUT2D eigenvalue weighted by atomic mass is 10.1. The van der Waals surface area contributed by atoms with Crippen molar-refractivity contribution in [3.8, 4) is 11.8 Å². The van der Waals surface area contributed by atoms with E-state index in [0.29, 0.717) is 6.42 Å². The van der Waals surface area contributed by atoms with E-state index in [1.807, 2.05) is 36.4 Å². The minimum absolute atomic E-state index is 0.556. The standard InChI is InChI=1S/C20H26Cl2O/c1-2-3-4-5-6-12-17-20(21,22)19(23)16-11-10-15-18-13-8-7-9-14-18/h7-10,13-15,19,23H,2-6,12,17H2,1H3/b15-10+. The fourth-order valence-corrected chi connectivity index (χ4v) is 2.59. The Hall–Kier alpha value is -0.940. The molecule has 0 spiro atoms. The highest BCUT2D eigenvalue weighted by Gasteiger charge is 2.31. The Morgan fingerprint density at radius 2 is 1.74 bits per heavy atom. The van der Waals surface area contributed by atoms with Crippen LogP contribution in [0.2, 0.25) is 0 Å². The molecule has 23 heavy (non-hydrogen) atoms. The second-order valence-electron chi connectivity index (χ2n) is 5.71. The zero-order valence-electron chi connectivity index (χ0n) is 13.8. The van der Waals surface area contributed by atoms with Crippen molar-refractivity contribution in [1.29, 1.82) is 0 Å². The van der Waals surface area contributed by atoms with Gasteiger partial charge in [0.15, 0.2) is 4.33 Å². The third kappa shape index (κ3) is 9.06.